The van der Waals surface area contributed by atoms with Crippen LogP contribution in [0.1, 0.15) is 51.4 Å². The molecule has 4 nitrogen and oxygen atoms in total. The normalized spacial score (nSPS) is 28.0. The molecule has 1 spiro atoms. The summed E-state index contributed by atoms with van der Waals surface area (Å²) >= 11 is 0. The molecule has 0 bridgehead atoms. The van der Waals surface area contributed by atoms with Gasteiger partial charge in [-0.2, -0.15) is 0 Å². The molecule has 2 fully saturated rings. The third-order valence-electron chi connectivity index (χ3n) is 3.91. The van der Waals surface area contributed by atoms with Crippen LogP contribution < -0.4 is 5.32 Å². The zero-order valence-corrected chi connectivity index (χ0v) is 9.50. The minimum atomic E-state index is -0.808. The second-order valence-electron chi connectivity index (χ2n) is 5.16. The number of carboxylic acids is 1. The Balaban J connectivity index is 1.92. The zero-order valence-electron chi connectivity index (χ0n) is 9.50. The summed E-state index contributed by atoms with van der Waals surface area (Å²) in [6.07, 6.45) is 7.22. The molecule has 2 rings (SSSR count). The first kappa shape index (κ1) is 11.4. The highest BCUT2D eigenvalue weighted by Gasteiger charge is 2.44. The fourth-order valence-corrected chi connectivity index (χ4v) is 3.07. The number of rotatable bonds is 3. The molecule has 2 N–H and O–H groups in total. The highest BCUT2D eigenvalue weighted by molar-refractivity contribution is 5.82. The van der Waals surface area contributed by atoms with Crippen molar-refractivity contribution in [2.45, 2.75) is 56.9 Å². The van der Waals surface area contributed by atoms with Crippen molar-refractivity contribution in [3.8, 4) is 0 Å². The van der Waals surface area contributed by atoms with Crippen LogP contribution >= 0.6 is 0 Å². The largest absolute Gasteiger partial charge is 0.481 e. The fourth-order valence-electron chi connectivity index (χ4n) is 3.07. The van der Waals surface area contributed by atoms with Gasteiger partial charge in [-0.05, 0) is 25.7 Å². The Hall–Kier alpha value is -1.06. The molecule has 1 aliphatic heterocycles. The van der Waals surface area contributed by atoms with Crippen molar-refractivity contribution in [2.75, 3.05) is 0 Å². The van der Waals surface area contributed by atoms with E-state index in [-0.39, 0.29) is 23.8 Å². The first-order chi connectivity index (χ1) is 7.61. The van der Waals surface area contributed by atoms with E-state index in [0.29, 0.717) is 6.42 Å². The number of carbonyl (C=O) groups excluding carboxylic acids is 1. The van der Waals surface area contributed by atoms with E-state index in [2.05, 4.69) is 5.32 Å². The van der Waals surface area contributed by atoms with Gasteiger partial charge >= 0.3 is 5.97 Å². The quantitative estimate of drug-likeness (QED) is 0.768. The molecule has 1 amide bonds. The summed E-state index contributed by atoms with van der Waals surface area (Å²) in [6.45, 7) is 0. The third-order valence-corrected chi connectivity index (χ3v) is 3.91. The standard InChI is InChI=1S/C12H19NO3/c14-10(15)5-4-9-8-12(13-11(9)16)6-2-1-3-7-12/h9H,1-8H2,(H,13,16)(H,14,15). The van der Waals surface area contributed by atoms with Crippen molar-refractivity contribution in [1.29, 1.82) is 0 Å². The van der Waals surface area contributed by atoms with Crippen LogP contribution in [0.25, 0.3) is 0 Å². The third kappa shape index (κ3) is 2.36. The Morgan fingerprint density at radius 2 is 2.06 bits per heavy atom. The minimum absolute atomic E-state index is 0.0124. The number of aliphatic carboxylic acids is 1. The van der Waals surface area contributed by atoms with E-state index in [9.17, 15) is 9.59 Å². The van der Waals surface area contributed by atoms with E-state index in [4.69, 9.17) is 5.11 Å². The first-order valence-electron chi connectivity index (χ1n) is 6.15. The Kier molecular flexibility index (Phi) is 3.17. The fraction of sp³-hybridized carbons (Fsp3) is 0.833. The van der Waals surface area contributed by atoms with Gasteiger partial charge < -0.3 is 10.4 Å². The van der Waals surface area contributed by atoms with Gasteiger partial charge in [0.1, 0.15) is 0 Å². The van der Waals surface area contributed by atoms with Crippen molar-refractivity contribution < 1.29 is 14.7 Å². The van der Waals surface area contributed by atoms with Gasteiger partial charge in [-0.25, -0.2) is 0 Å². The lowest BCUT2D eigenvalue weighted by molar-refractivity contribution is -0.137. The van der Waals surface area contributed by atoms with Gasteiger partial charge in [0.15, 0.2) is 0 Å². The Morgan fingerprint density at radius 3 is 2.69 bits per heavy atom. The summed E-state index contributed by atoms with van der Waals surface area (Å²) < 4.78 is 0. The molecular weight excluding hydrogens is 206 g/mol. The zero-order chi connectivity index (χ0) is 11.6. The van der Waals surface area contributed by atoms with Gasteiger partial charge in [0.2, 0.25) is 5.91 Å². The molecule has 4 heteroatoms. The number of amides is 1. The van der Waals surface area contributed by atoms with E-state index < -0.39 is 5.97 Å². The first-order valence-corrected chi connectivity index (χ1v) is 6.15. The summed E-state index contributed by atoms with van der Waals surface area (Å²) in [5.41, 5.74) is 0.0124. The topological polar surface area (TPSA) is 66.4 Å². The average molecular weight is 225 g/mol. The highest BCUT2D eigenvalue weighted by Crippen LogP contribution is 2.39. The van der Waals surface area contributed by atoms with E-state index in [1.54, 1.807) is 0 Å². The van der Waals surface area contributed by atoms with Crippen LogP contribution in [0.15, 0.2) is 0 Å². The summed E-state index contributed by atoms with van der Waals surface area (Å²) in [4.78, 5) is 22.3. The number of hydrogen-bond acceptors (Lipinski definition) is 2. The predicted octanol–water partition coefficient (Wildman–Crippen LogP) is 1.69. The molecule has 90 valence electrons. The van der Waals surface area contributed by atoms with Crippen molar-refractivity contribution in [3.05, 3.63) is 0 Å². The van der Waals surface area contributed by atoms with Gasteiger partial charge in [0, 0.05) is 17.9 Å². The smallest absolute Gasteiger partial charge is 0.303 e. The molecule has 1 heterocycles. The van der Waals surface area contributed by atoms with Crippen molar-refractivity contribution in [3.63, 3.8) is 0 Å². The second kappa shape index (κ2) is 4.44. The van der Waals surface area contributed by atoms with Crippen LogP contribution in [0.5, 0.6) is 0 Å². The van der Waals surface area contributed by atoms with Crippen molar-refractivity contribution >= 4 is 11.9 Å². The number of hydrogen-bond donors (Lipinski definition) is 2. The maximum Gasteiger partial charge on any atom is 0.303 e. The van der Waals surface area contributed by atoms with Gasteiger partial charge in [-0.1, -0.05) is 19.3 Å². The highest BCUT2D eigenvalue weighted by atomic mass is 16.4. The van der Waals surface area contributed by atoms with E-state index >= 15 is 0 Å². The second-order valence-corrected chi connectivity index (χ2v) is 5.16. The van der Waals surface area contributed by atoms with Crippen LogP contribution in [0.3, 0.4) is 0 Å². The van der Waals surface area contributed by atoms with Crippen LogP contribution in [-0.2, 0) is 9.59 Å². The molecule has 2 aliphatic rings. The lowest BCUT2D eigenvalue weighted by atomic mass is 9.78. The summed E-state index contributed by atoms with van der Waals surface area (Å²) in [5.74, 6) is -0.810. The summed E-state index contributed by atoms with van der Waals surface area (Å²) in [5, 5.41) is 11.7. The molecule has 0 aromatic heterocycles. The Labute approximate surface area is 95.4 Å². The molecule has 1 unspecified atom stereocenters. The Bertz CT molecular complexity index is 295. The molecular formula is C12H19NO3. The summed E-state index contributed by atoms with van der Waals surface area (Å²) in [7, 11) is 0. The van der Waals surface area contributed by atoms with Gasteiger partial charge in [-0.3, -0.25) is 9.59 Å². The number of carbonyl (C=O) groups is 2. The molecule has 0 aromatic rings. The molecule has 1 aliphatic carbocycles. The van der Waals surface area contributed by atoms with Crippen LogP contribution in [-0.4, -0.2) is 22.5 Å². The lowest BCUT2D eigenvalue weighted by Crippen LogP contribution is -2.42. The van der Waals surface area contributed by atoms with Crippen molar-refractivity contribution in [2.24, 2.45) is 5.92 Å². The van der Waals surface area contributed by atoms with Crippen molar-refractivity contribution in [1.82, 2.24) is 5.32 Å². The predicted molar refractivity (Wildman–Crippen MR) is 58.9 cm³/mol. The van der Waals surface area contributed by atoms with Crippen LogP contribution in [0, 0.1) is 5.92 Å². The average Bonchev–Trinajstić information content (AvgIpc) is 2.53. The van der Waals surface area contributed by atoms with E-state index in [1.807, 2.05) is 0 Å². The van der Waals surface area contributed by atoms with Gasteiger partial charge in [0.25, 0.3) is 0 Å². The van der Waals surface area contributed by atoms with Gasteiger partial charge in [0.05, 0.1) is 0 Å². The van der Waals surface area contributed by atoms with E-state index in [1.165, 1.54) is 19.3 Å². The molecule has 1 atom stereocenters. The van der Waals surface area contributed by atoms with Crippen LogP contribution in [0.4, 0.5) is 0 Å². The number of nitrogens with one attached hydrogen (secondary N) is 1. The maximum absolute atomic E-state index is 11.8. The van der Waals surface area contributed by atoms with Gasteiger partial charge in [-0.15, -0.1) is 0 Å². The lowest BCUT2D eigenvalue weighted by Gasteiger charge is -2.33. The maximum atomic E-state index is 11.8. The molecule has 1 saturated heterocycles. The van der Waals surface area contributed by atoms with E-state index in [0.717, 1.165) is 19.3 Å². The molecule has 0 aromatic carbocycles. The molecule has 1 saturated carbocycles. The molecule has 16 heavy (non-hydrogen) atoms. The Morgan fingerprint density at radius 1 is 1.38 bits per heavy atom. The summed E-state index contributed by atoms with van der Waals surface area (Å²) in [6, 6.07) is 0. The number of carboxylic acid groups (broad SMARTS) is 1. The molecule has 0 radical (unpaired) electrons. The monoisotopic (exact) mass is 225 g/mol. The SMILES string of the molecule is O=C(O)CCC1CC2(CCCCC2)NC1=O. The minimum Gasteiger partial charge on any atom is -0.481 e. The van der Waals surface area contributed by atoms with Crippen LogP contribution in [0.2, 0.25) is 0 Å².